The second-order valence-electron chi connectivity index (χ2n) is 5.21. The fourth-order valence-electron chi connectivity index (χ4n) is 2.15. The Labute approximate surface area is 148 Å². The highest BCUT2D eigenvalue weighted by Crippen LogP contribution is 2.34. The van der Waals surface area contributed by atoms with Gasteiger partial charge in [0.2, 0.25) is 6.79 Å². The fourth-order valence-corrected chi connectivity index (χ4v) is 2.52. The second-order valence-corrected chi connectivity index (χ2v) is 6.06. The van der Waals surface area contributed by atoms with Crippen molar-refractivity contribution in [1.82, 2.24) is 5.32 Å². The summed E-state index contributed by atoms with van der Waals surface area (Å²) in [5.74, 6) is 2.05. The Bertz CT molecular complexity index is 751. The minimum atomic E-state index is -0.278. The van der Waals surface area contributed by atoms with E-state index in [1.807, 2.05) is 25.1 Å². The molecule has 1 heterocycles. The summed E-state index contributed by atoms with van der Waals surface area (Å²) < 4.78 is 17.1. The van der Waals surface area contributed by atoms with Crippen LogP contribution in [0.5, 0.6) is 17.2 Å². The standard InChI is InChI=1S/C17H17BrN2O4/c1-11-2-3-12(8-14(11)18)20-17(21)19-6-7-22-13-4-5-15-16(9-13)24-10-23-15/h2-5,8-9H,6-7,10H2,1H3,(H2,19,20,21). The molecule has 2 N–H and O–H groups in total. The van der Waals surface area contributed by atoms with Gasteiger partial charge in [0, 0.05) is 16.2 Å². The van der Waals surface area contributed by atoms with Gasteiger partial charge in [-0.1, -0.05) is 22.0 Å². The number of urea groups is 1. The van der Waals surface area contributed by atoms with Gasteiger partial charge in [0.1, 0.15) is 12.4 Å². The molecule has 7 heteroatoms. The maximum absolute atomic E-state index is 11.8. The molecule has 0 aliphatic carbocycles. The average molecular weight is 393 g/mol. The highest BCUT2D eigenvalue weighted by Gasteiger charge is 2.13. The molecule has 0 radical (unpaired) electrons. The van der Waals surface area contributed by atoms with E-state index in [4.69, 9.17) is 14.2 Å². The van der Waals surface area contributed by atoms with Crippen LogP contribution in [-0.4, -0.2) is 26.0 Å². The summed E-state index contributed by atoms with van der Waals surface area (Å²) in [5, 5.41) is 5.51. The van der Waals surface area contributed by atoms with Gasteiger partial charge in [-0.2, -0.15) is 0 Å². The third kappa shape index (κ3) is 4.11. The highest BCUT2D eigenvalue weighted by molar-refractivity contribution is 9.10. The van der Waals surface area contributed by atoms with E-state index in [9.17, 15) is 4.79 Å². The Morgan fingerprint density at radius 2 is 2.04 bits per heavy atom. The lowest BCUT2D eigenvalue weighted by atomic mass is 10.2. The number of amides is 2. The SMILES string of the molecule is Cc1ccc(NC(=O)NCCOc2ccc3c(c2)OCO3)cc1Br. The molecule has 0 spiro atoms. The van der Waals surface area contributed by atoms with Crippen LogP contribution in [0.2, 0.25) is 0 Å². The number of hydrogen-bond acceptors (Lipinski definition) is 4. The lowest BCUT2D eigenvalue weighted by molar-refractivity contribution is 0.173. The molecule has 2 amide bonds. The van der Waals surface area contributed by atoms with Crippen molar-refractivity contribution < 1.29 is 19.0 Å². The molecule has 0 bridgehead atoms. The van der Waals surface area contributed by atoms with Crippen LogP contribution in [0.1, 0.15) is 5.56 Å². The maximum Gasteiger partial charge on any atom is 0.319 e. The highest BCUT2D eigenvalue weighted by atomic mass is 79.9. The largest absolute Gasteiger partial charge is 0.492 e. The van der Waals surface area contributed by atoms with E-state index >= 15 is 0 Å². The third-order valence-corrected chi connectivity index (χ3v) is 4.28. The quantitative estimate of drug-likeness (QED) is 0.761. The lowest BCUT2D eigenvalue weighted by Crippen LogP contribution is -2.32. The van der Waals surface area contributed by atoms with Gasteiger partial charge in [-0.05, 0) is 36.8 Å². The van der Waals surface area contributed by atoms with E-state index in [0.29, 0.717) is 30.4 Å². The van der Waals surface area contributed by atoms with E-state index in [1.54, 1.807) is 18.2 Å². The first kappa shape index (κ1) is 16.4. The number of halogens is 1. The van der Waals surface area contributed by atoms with Gasteiger partial charge >= 0.3 is 6.03 Å². The van der Waals surface area contributed by atoms with Gasteiger partial charge in [0.15, 0.2) is 11.5 Å². The number of carbonyl (C=O) groups excluding carboxylic acids is 1. The molecule has 0 aromatic heterocycles. The number of carbonyl (C=O) groups is 1. The number of hydrogen-bond donors (Lipinski definition) is 2. The minimum Gasteiger partial charge on any atom is -0.492 e. The van der Waals surface area contributed by atoms with Crippen molar-refractivity contribution in [2.75, 3.05) is 25.3 Å². The van der Waals surface area contributed by atoms with Gasteiger partial charge in [-0.25, -0.2) is 4.79 Å². The predicted octanol–water partition coefficient (Wildman–Crippen LogP) is 3.69. The molecule has 3 rings (SSSR count). The van der Waals surface area contributed by atoms with Crippen LogP contribution >= 0.6 is 15.9 Å². The molecule has 2 aromatic rings. The summed E-state index contributed by atoms with van der Waals surface area (Å²) in [7, 11) is 0. The van der Waals surface area contributed by atoms with Crippen LogP contribution in [0.3, 0.4) is 0 Å². The van der Waals surface area contributed by atoms with Crippen molar-refractivity contribution >= 4 is 27.6 Å². The van der Waals surface area contributed by atoms with Gasteiger partial charge in [-0.3, -0.25) is 0 Å². The number of rotatable bonds is 5. The number of fused-ring (bicyclic) bond motifs is 1. The molecular weight excluding hydrogens is 376 g/mol. The number of anilines is 1. The van der Waals surface area contributed by atoms with Crippen LogP contribution in [-0.2, 0) is 0 Å². The number of aryl methyl sites for hydroxylation is 1. The van der Waals surface area contributed by atoms with E-state index in [-0.39, 0.29) is 12.8 Å². The Morgan fingerprint density at radius 1 is 1.21 bits per heavy atom. The van der Waals surface area contributed by atoms with E-state index in [0.717, 1.165) is 15.7 Å². The number of ether oxygens (including phenoxy) is 3. The first-order valence-corrected chi connectivity index (χ1v) is 8.24. The van der Waals surface area contributed by atoms with E-state index in [1.165, 1.54) is 0 Å². The zero-order valence-electron chi connectivity index (χ0n) is 13.1. The number of nitrogens with one attached hydrogen (secondary N) is 2. The topological polar surface area (TPSA) is 68.8 Å². The van der Waals surface area contributed by atoms with Crippen LogP contribution < -0.4 is 24.8 Å². The first-order valence-electron chi connectivity index (χ1n) is 7.45. The zero-order chi connectivity index (χ0) is 16.9. The maximum atomic E-state index is 11.8. The summed E-state index contributed by atoms with van der Waals surface area (Å²) >= 11 is 3.44. The Hall–Kier alpha value is -2.41. The van der Waals surface area contributed by atoms with Gasteiger partial charge < -0.3 is 24.8 Å². The molecule has 0 saturated heterocycles. The normalized spacial score (nSPS) is 11.9. The smallest absolute Gasteiger partial charge is 0.319 e. The summed E-state index contributed by atoms with van der Waals surface area (Å²) in [6.07, 6.45) is 0. The molecule has 0 atom stereocenters. The molecule has 0 unspecified atom stereocenters. The van der Waals surface area contributed by atoms with Crippen molar-refractivity contribution in [3.8, 4) is 17.2 Å². The van der Waals surface area contributed by atoms with Crippen molar-refractivity contribution in [3.63, 3.8) is 0 Å². The molecule has 2 aromatic carbocycles. The second kappa shape index (κ2) is 7.44. The summed E-state index contributed by atoms with van der Waals surface area (Å²) in [5.41, 5.74) is 1.83. The zero-order valence-corrected chi connectivity index (χ0v) is 14.7. The van der Waals surface area contributed by atoms with Crippen molar-refractivity contribution in [3.05, 3.63) is 46.4 Å². The molecule has 6 nitrogen and oxygen atoms in total. The predicted molar refractivity (Wildman–Crippen MR) is 94.0 cm³/mol. The van der Waals surface area contributed by atoms with E-state index < -0.39 is 0 Å². The molecule has 0 fully saturated rings. The molecule has 1 aliphatic rings. The van der Waals surface area contributed by atoms with Gasteiger partial charge in [0.25, 0.3) is 0 Å². The summed E-state index contributed by atoms with van der Waals surface area (Å²) in [4.78, 5) is 11.8. The van der Waals surface area contributed by atoms with Gasteiger partial charge in [0.05, 0.1) is 6.54 Å². The Balaban J connectivity index is 1.41. The molecule has 0 saturated carbocycles. The van der Waals surface area contributed by atoms with Gasteiger partial charge in [-0.15, -0.1) is 0 Å². The molecule has 126 valence electrons. The van der Waals surface area contributed by atoms with Crippen molar-refractivity contribution in [1.29, 1.82) is 0 Å². The summed E-state index contributed by atoms with van der Waals surface area (Å²) in [6.45, 7) is 2.95. The van der Waals surface area contributed by atoms with Crippen LogP contribution in [0, 0.1) is 6.92 Å². The van der Waals surface area contributed by atoms with Crippen LogP contribution in [0.4, 0.5) is 10.5 Å². The molecule has 24 heavy (non-hydrogen) atoms. The molecule has 1 aliphatic heterocycles. The third-order valence-electron chi connectivity index (χ3n) is 3.43. The van der Waals surface area contributed by atoms with Crippen LogP contribution in [0.25, 0.3) is 0 Å². The Morgan fingerprint density at radius 3 is 2.88 bits per heavy atom. The van der Waals surface area contributed by atoms with Crippen molar-refractivity contribution in [2.24, 2.45) is 0 Å². The fraction of sp³-hybridized carbons (Fsp3) is 0.235. The summed E-state index contributed by atoms with van der Waals surface area (Å²) in [6, 6.07) is 10.7. The monoisotopic (exact) mass is 392 g/mol. The minimum absolute atomic E-state index is 0.232. The lowest BCUT2D eigenvalue weighted by Gasteiger charge is -2.10. The molecular formula is C17H17BrN2O4. The van der Waals surface area contributed by atoms with E-state index in [2.05, 4.69) is 26.6 Å². The van der Waals surface area contributed by atoms with Crippen LogP contribution in [0.15, 0.2) is 40.9 Å². The first-order chi connectivity index (χ1) is 11.6. The number of benzene rings is 2. The average Bonchev–Trinajstić information content (AvgIpc) is 3.03. The Kier molecular flexibility index (Phi) is 5.10. The van der Waals surface area contributed by atoms with Crippen molar-refractivity contribution in [2.45, 2.75) is 6.92 Å².